The average molecular weight is 221 g/mol. The van der Waals surface area contributed by atoms with E-state index in [2.05, 4.69) is 4.90 Å². The fourth-order valence-corrected chi connectivity index (χ4v) is 3.48. The van der Waals surface area contributed by atoms with Crippen molar-refractivity contribution in [1.29, 1.82) is 0 Å². The molecule has 5 heteroatoms. The van der Waals surface area contributed by atoms with E-state index in [-0.39, 0.29) is 23.6 Å². The smallest absolute Gasteiger partial charge is 0.153 e. The number of sulfone groups is 1. The van der Waals surface area contributed by atoms with Crippen molar-refractivity contribution in [3.63, 3.8) is 0 Å². The second-order valence-corrected chi connectivity index (χ2v) is 6.41. The largest absolute Gasteiger partial charge is 0.392 e. The first-order valence-electron chi connectivity index (χ1n) is 4.98. The van der Waals surface area contributed by atoms with E-state index in [0.717, 1.165) is 0 Å². The van der Waals surface area contributed by atoms with Crippen LogP contribution in [0.25, 0.3) is 0 Å². The van der Waals surface area contributed by atoms with Crippen molar-refractivity contribution < 1.29 is 13.5 Å². The van der Waals surface area contributed by atoms with Gasteiger partial charge in [-0.05, 0) is 20.8 Å². The fraction of sp³-hybridized carbons (Fsp3) is 1.00. The van der Waals surface area contributed by atoms with E-state index in [1.165, 1.54) is 0 Å². The van der Waals surface area contributed by atoms with Crippen molar-refractivity contribution in [2.24, 2.45) is 0 Å². The molecule has 0 spiro atoms. The summed E-state index contributed by atoms with van der Waals surface area (Å²) in [5.41, 5.74) is 0. The van der Waals surface area contributed by atoms with Gasteiger partial charge in [0.2, 0.25) is 0 Å². The third-order valence-electron chi connectivity index (χ3n) is 2.94. The van der Waals surface area contributed by atoms with E-state index < -0.39 is 15.9 Å². The Morgan fingerprint density at radius 1 is 1.43 bits per heavy atom. The van der Waals surface area contributed by atoms with Crippen LogP contribution in [0.3, 0.4) is 0 Å². The monoisotopic (exact) mass is 221 g/mol. The maximum Gasteiger partial charge on any atom is 0.153 e. The normalized spacial score (nSPS) is 32.4. The van der Waals surface area contributed by atoms with Gasteiger partial charge in [-0.15, -0.1) is 0 Å². The zero-order valence-electron chi connectivity index (χ0n) is 8.97. The first-order valence-corrected chi connectivity index (χ1v) is 6.80. The Balaban J connectivity index is 2.67. The van der Waals surface area contributed by atoms with Gasteiger partial charge in [-0.2, -0.15) is 0 Å². The Bertz CT molecular complexity index is 286. The SMILES string of the molecule is CC(O)C(C)N1CCS(=O)(=O)CC1C. The minimum atomic E-state index is -2.85. The van der Waals surface area contributed by atoms with E-state index in [9.17, 15) is 13.5 Å². The van der Waals surface area contributed by atoms with Crippen molar-refractivity contribution in [2.75, 3.05) is 18.1 Å². The van der Waals surface area contributed by atoms with Crippen LogP contribution in [0.15, 0.2) is 0 Å². The van der Waals surface area contributed by atoms with Crippen molar-refractivity contribution >= 4 is 9.84 Å². The molecule has 0 amide bonds. The second kappa shape index (κ2) is 4.16. The molecular weight excluding hydrogens is 202 g/mol. The summed E-state index contributed by atoms with van der Waals surface area (Å²) in [6, 6.07) is 0.0406. The van der Waals surface area contributed by atoms with Gasteiger partial charge in [-0.25, -0.2) is 8.42 Å². The maximum absolute atomic E-state index is 11.3. The molecule has 1 heterocycles. The molecule has 0 saturated carbocycles. The Labute approximate surface area is 85.8 Å². The standard InChI is InChI=1S/C9H19NO3S/c1-7-6-14(12,13)5-4-10(7)8(2)9(3)11/h7-9,11H,4-6H2,1-3H3. The van der Waals surface area contributed by atoms with Gasteiger partial charge in [0.15, 0.2) is 9.84 Å². The molecule has 0 aliphatic carbocycles. The number of hydrogen-bond donors (Lipinski definition) is 1. The van der Waals surface area contributed by atoms with Gasteiger partial charge >= 0.3 is 0 Å². The predicted molar refractivity (Wildman–Crippen MR) is 56.0 cm³/mol. The van der Waals surface area contributed by atoms with Crippen LogP contribution in [-0.2, 0) is 9.84 Å². The van der Waals surface area contributed by atoms with Gasteiger partial charge in [0.1, 0.15) is 0 Å². The minimum absolute atomic E-state index is 0.0124. The Morgan fingerprint density at radius 3 is 2.43 bits per heavy atom. The molecule has 1 N–H and O–H groups in total. The zero-order chi connectivity index (χ0) is 10.9. The van der Waals surface area contributed by atoms with Crippen molar-refractivity contribution in [3.8, 4) is 0 Å². The summed E-state index contributed by atoms with van der Waals surface area (Å²) in [6.07, 6.45) is -0.418. The lowest BCUT2D eigenvalue weighted by molar-refractivity contribution is 0.0540. The molecule has 1 aliphatic rings. The van der Waals surface area contributed by atoms with Gasteiger partial charge in [0.05, 0.1) is 17.6 Å². The molecule has 1 rings (SSSR count). The number of rotatable bonds is 2. The molecule has 1 aliphatic heterocycles. The lowest BCUT2D eigenvalue weighted by Crippen LogP contribution is -2.53. The summed E-state index contributed by atoms with van der Waals surface area (Å²) < 4.78 is 22.6. The Kier molecular flexibility index (Phi) is 3.55. The highest BCUT2D eigenvalue weighted by atomic mass is 32.2. The van der Waals surface area contributed by atoms with Crippen LogP contribution in [0.5, 0.6) is 0 Å². The van der Waals surface area contributed by atoms with Crippen molar-refractivity contribution in [3.05, 3.63) is 0 Å². The van der Waals surface area contributed by atoms with Crippen LogP contribution in [-0.4, -0.2) is 54.7 Å². The summed E-state index contributed by atoms with van der Waals surface area (Å²) >= 11 is 0. The van der Waals surface area contributed by atoms with Crippen LogP contribution in [0.1, 0.15) is 20.8 Å². The summed E-state index contributed by atoms with van der Waals surface area (Å²) in [4.78, 5) is 2.06. The molecule has 0 bridgehead atoms. The van der Waals surface area contributed by atoms with Gasteiger partial charge < -0.3 is 5.11 Å². The van der Waals surface area contributed by atoms with Crippen LogP contribution in [0.4, 0.5) is 0 Å². The van der Waals surface area contributed by atoms with Gasteiger partial charge in [-0.3, -0.25) is 4.90 Å². The molecule has 3 atom stereocenters. The molecule has 0 aromatic carbocycles. The van der Waals surface area contributed by atoms with E-state index in [0.29, 0.717) is 6.54 Å². The molecule has 3 unspecified atom stereocenters. The summed E-state index contributed by atoms with van der Waals surface area (Å²) in [7, 11) is -2.85. The number of nitrogens with zero attached hydrogens (tertiary/aromatic N) is 1. The highest BCUT2D eigenvalue weighted by Gasteiger charge is 2.32. The molecule has 4 nitrogen and oxygen atoms in total. The van der Waals surface area contributed by atoms with E-state index >= 15 is 0 Å². The highest BCUT2D eigenvalue weighted by Crippen LogP contribution is 2.16. The molecule has 84 valence electrons. The fourth-order valence-electron chi connectivity index (χ4n) is 1.89. The van der Waals surface area contributed by atoms with Gasteiger partial charge in [-0.1, -0.05) is 0 Å². The van der Waals surface area contributed by atoms with Gasteiger partial charge in [0.25, 0.3) is 0 Å². The van der Waals surface area contributed by atoms with Gasteiger partial charge in [0, 0.05) is 18.6 Å². The quantitative estimate of drug-likeness (QED) is 0.706. The zero-order valence-corrected chi connectivity index (χ0v) is 9.79. The topological polar surface area (TPSA) is 57.6 Å². The molecule has 1 saturated heterocycles. The van der Waals surface area contributed by atoms with E-state index in [1.807, 2.05) is 13.8 Å². The second-order valence-electron chi connectivity index (χ2n) is 4.18. The highest BCUT2D eigenvalue weighted by molar-refractivity contribution is 7.91. The minimum Gasteiger partial charge on any atom is -0.392 e. The molecule has 1 fully saturated rings. The molecule has 0 aromatic heterocycles. The molecule has 14 heavy (non-hydrogen) atoms. The van der Waals surface area contributed by atoms with Crippen molar-refractivity contribution in [1.82, 2.24) is 4.90 Å². The maximum atomic E-state index is 11.3. The first-order chi connectivity index (χ1) is 6.33. The van der Waals surface area contributed by atoms with E-state index in [1.54, 1.807) is 6.92 Å². The average Bonchev–Trinajstić information content (AvgIpc) is 2.01. The third-order valence-corrected chi connectivity index (χ3v) is 4.74. The van der Waals surface area contributed by atoms with Crippen molar-refractivity contribution in [2.45, 2.75) is 39.0 Å². The van der Waals surface area contributed by atoms with E-state index in [4.69, 9.17) is 0 Å². The van der Waals surface area contributed by atoms with Crippen LogP contribution >= 0.6 is 0 Å². The Morgan fingerprint density at radius 2 is 2.00 bits per heavy atom. The summed E-state index contributed by atoms with van der Waals surface area (Å²) in [5.74, 6) is 0.429. The molecule has 0 radical (unpaired) electrons. The number of aliphatic hydroxyl groups excluding tert-OH is 1. The van der Waals surface area contributed by atoms with Crippen LogP contribution < -0.4 is 0 Å². The predicted octanol–water partition coefficient (Wildman–Crippen LogP) is -0.125. The lowest BCUT2D eigenvalue weighted by atomic mass is 10.1. The molecule has 0 aromatic rings. The number of aliphatic hydroxyl groups is 1. The number of hydrogen-bond acceptors (Lipinski definition) is 4. The van der Waals surface area contributed by atoms with Crippen LogP contribution in [0, 0.1) is 0 Å². The van der Waals surface area contributed by atoms with Crippen LogP contribution in [0.2, 0.25) is 0 Å². The summed E-state index contributed by atoms with van der Waals surface area (Å²) in [5, 5.41) is 9.43. The Hall–Kier alpha value is -0.130. The molecular formula is C9H19NO3S. The summed E-state index contributed by atoms with van der Waals surface area (Å²) in [6.45, 7) is 6.10. The first kappa shape index (κ1) is 11.9. The third kappa shape index (κ3) is 2.68. The lowest BCUT2D eigenvalue weighted by Gasteiger charge is -2.38.